The fourth-order valence-electron chi connectivity index (χ4n) is 3.19. The third kappa shape index (κ3) is 2.72. The van der Waals surface area contributed by atoms with Gasteiger partial charge in [-0.1, -0.05) is 11.6 Å². The summed E-state index contributed by atoms with van der Waals surface area (Å²) in [5.74, 6) is 0.910. The number of carbonyl (C=O) groups is 1. The van der Waals surface area contributed by atoms with Crippen molar-refractivity contribution in [1.82, 2.24) is 20.1 Å². The first-order valence-corrected chi connectivity index (χ1v) is 8.02. The Morgan fingerprint density at radius 2 is 2.09 bits per heavy atom. The molecule has 1 saturated heterocycles. The van der Waals surface area contributed by atoms with Gasteiger partial charge < -0.3 is 15.1 Å². The summed E-state index contributed by atoms with van der Waals surface area (Å²) in [6, 6.07) is 5.52. The van der Waals surface area contributed by atoms with Crippen molar-refractivity contribution in [3.63, 3.8) is 0 Å². The number of amides is 1. The minimum Gasteiger partial charge on any atom is -0.373 e. The number of aromatic nitrogens is 3. The van der Waals surface area contributed by atoms with Crippen LogP contribution in [-0.4, -0.2) is 58.2 Å². The van der Waals surface area contributed by atoms with Crippen molar-refractivity contribution in [3.05, 3.63) is 35.1 Å². The van der Waals surface area contributed by atoms with Crippen LogP contribution in [0.2, 0.25) is 5.02 Å². The highest BCUT2D eigenvalue weighted by Gasteiger charge is 2.32. The highest BCUT2D eigenvalue weighted by Crippen LogP contribution is 2.29. The molecule has 1 aromatic heterocycles. The number of fused-ring (bicyclic) bond motifs is 1. The second kappa shape index (κ2) is 5.73. The van der Waals surface area contributed by atoms with Crippen LogP contribution < -0.4 is 10.2 Å². The van der Waals surface area contributed by atoms with Gasteiger partial charge in [0, 0.05) is 43.3 Å². The van der Waals surface area contributed by atoms with E-state index in [9.17, 15) is 4.79 Å². The molecule has 1 aromatic carbocycles. The Hall–Kier alpha value is -2.28. The van der Waals surface area contributed by atoms with Crippen molar-refractivity contribution in [1.29, 1.82) is 0 Å². The Morgan fingerprint density at radius 1 is 1.26 bits per heavy atom. The maximum atomic E-state index is 12.7. The zero-order valence-corrected chi connectivity index (χ0v) is 13.3. The number of piperazine rings is 1. The first-order valence-electron chi connectivity index (χ1n) is 7.65. The van der Waals surface area contributed by atoms with Gasteiger partial charge in [0.15, 0.2) is 0 Å². The highest BCUT2D eigenvalue weighted by molar-refractivity contribution is 6.30. The van der Waals surface area contributed by atoms with E-state index in [2.05, 4.69) is 25.4 Å². The minimum absolute atomic E-state index is 0.148. The largest absolute Gasteiger partial charge is 0.373 e. The molecule has 0 aliphatic carbocycles. The summed E-state index contributed by atoms with van der Waals surface area (Å²) >= 11 is 6.02. The van der Waals surface area contributed by atoms with Crippen molar-refractivity contribution in [2.75, 3.05) is 36.4 Å². The van der Waals surface area contributed by atoms with Gasteiger partial charge in [0.25, 0.3) is 0 Å². The molecular formula is C15H17ClN6O. The van der Waals surface area contributed by atoms with Gasteiger partial charge in [0.1, 0.15) is 12.4 Å². The summed E-state index contributed by atoms with van der Waals surface area (Å²) in [6.07, 6.45) is 2.19. The molecule has 0 radical (unpaired) electrons. The Morgan fingerprint density at radius 3 is 2.83 bits per heavy atom. The number of rotatable bonds is 2. The van der Waals surface area contributed by atoms with Crippen molar-refractivity contribution >= 4 is 29.1 Å². The van der Waals surface area contributed by atoms with E-state index in [0.717, 1.165) is 30.3 Å². The van der Waals surface area contributed by atoms with Gasteiger partial charge in [-0.05, 0) is 23.8 Å². The molecule has 0 spiro atoms. The molecule has 23 heavy (non-hydrogen) atoms. The van der Waals surface area contributed by atoms with Crippen molar-refractivity contribution in [3.8, 4) is 0 Å². The lowest BCUT2D eigenvalue weighted by Crippen LogP contribution is -2.52. The van der Waals surface area contributed by atoms with Gasteiger partial charge in [-0.2, -0.15) is 10.1 Å². The quantitative estimate of drug-likeness (QED) is 0.862. The maximum Gasteiger partial charge on any atom is 0.245 e. The number of anilines is 2. The number of nitrogens with one attached hydrogen (secondary N) is 2. The number of nitrogens with zero attached hydrogens (tertiary/aromatic N) is 4. The van der Waals surface area contributed by atoms with Gasteiger partial charge in [0.2, 0.25) is 11.9 Å². The third-order valence-electron chi connectivity index (χ3n) is 4.41. The molecule has 3 heterocycles. The zero-order chi connectivity index (χ0) is 15.8. The molecule has 120 valence electrons. The van der Waals surface area contributed by atoms with Crippen LogP contribution in [-0.2, 0) is 11.2 Å². The standard InChI is InChI=1S/C15H17ClN6O/c16-11-1-2-12-10(7-11)8-13(19-12)14(23)21-3-5-22(6-4-21)15-17-9-18-20-15/h1-2,7,9,13,19H,3-6,8H2,(H,17,18,20)/t13-/m1/s1. The molecule has 1 fully saturated rings. The van der Waals surface area contributed by atoms with Crippen LogP contribution in [0, 0.1) is 0 Å². The second-order valence-corrected chi connectivity index (χ2v) is 6.26. The van der Waals surface area contributed by atoms with Gasteiger partial charge in [0.05, 0.1) is 0 Å². The number of benzene rings is 1. The Bertz CT molecular complexity index is 711. The summed E-state index contributed by atoms with van der Waals surface area (Å²) in [7, 11) is 0. The number of carbonyl (C=O) groups excluding carboxylic acids is 1. The van der Waals surface area contributed by atoms with Crippen LogP contribution in [0.3, 0.4) is 0 Å². The third-order valence-corrected chi connectivity index (χ3v) is 4.65. The minimum atomic E-state index is -0.194. The van der Waals surface area contributed by atoms with Crippen LogP contribution in [0.5, 0.6) is 0 Å². The second-order valence-electron chi connectivity index (χ2n) is 5.82. The SMILES string of the molecule is O=C([C@H]1Cc2cc(Cl)ccc2N1)N1CCN(c2ncn[nH]2)CC1. The Labute approximate surface area is 138 Å². The van der Waals surface area contributed by atoms with E-state index in [1.165, 1.54) is 6.33 Å². The van der Waals surface area contributed by atoms with Gasteiger partial charge in [-0.25, -0.2) is 5.10 Å². The summed E-state index contributed by atoms with van der Waals surface area (Å²) in [5, 5.41) is 10.7. The molecule has 1 atom stereocenters. The van der Waals surface area contributed by atoms with Crippen molar-refractivity contribution in [2.45, 2.75) is 12.5 Å². The molecule has 2 aliphatic rings. The normalized spacial score (nSPS) is 20.3. The molecule has 4 rings (SSSR count). The molecule has 0 bridgehead atoms. The van der Waals surface area contributed by atoms with E-state index < -0.39 is 0 Å². The fraction of sp³-hybridized carbons (Fsp3) is 0.400. The van der Waals surface area contributed by atoms with Crippen LogP contribution in [0.15, 0.2) is 24.5 Å². The molecule has 8 heteroatoms. The average Bonchev–Trinajstić information content (AvgIpc) is 3.23. The molecule has 0 unspecified atom stereocenters. The summed E-state index contributed by atoms with van der Waals surface area (Å²) in [6.45, 7) is 2.89. The Balaban J connectivity index is 1.38. The first-order chi connectivity index (χ1) is 11.2. The van der Waals surface area contributed by atoms with Crippen LogP contribution in [0.1, 0.15) is 5.56 Å². The number of H-pyrrole nitrogens is 1. The highest BCUT2D eigenvalue weighted by atomic mass is 35.5. The molecule has 0 saturated carbocycles. The lowest BCUT2D eigenvalue weighted by Gasteiger charge is -2.35. The Kier molecular flexibility index (Phi) is 3.57. The van der Waals surface area contributed by atoms with Gasteiger partial charge in [-0.3, -0.25) is 4.79 Å². The molecule has 2 aliphatic heterocycles. The fourth-order valence-corrected chi connectivity index (χ4v) is 3.38. The van der Waals surface area contributed by atoms with E-state index in [1.807, 2.05) is 23.1 Å². The molecule has 2 aromatic rings. The number of hydrogen-bond donors (Lipinski definition) is 2. The van der Waals surface area contributed by atoms with Crippen molar-refractivity contribution < 1.29 is 4.79 Å². The molecule has 2 N–H and O–H groups in total. The van der Waals surface area contributed by atoms with E-state index in [-0.39, 0.29) is 11.9 Å². The first kappa shape index (κ1) is 14.3. The molecule has 7 nitrogen and oxygen atoms in total. The predicted molar refractivity (Wildman–Crippen MR) is 87.7 cm³/mol. The monoisotopic (exact) mass is 332 g/mol. The lowest BCUT2D eigenvalue weighted by molar-refractivity contribution is -0.132. The maximum absolute atomic E-state index is 12.7. The van der Waals surface area contributed by atoms with E-state index in [1.54, 1.807) is 0 Å². The van der Waals surface area contributed by atoms with Gasteiger partial charge >= 0.3 is 0 Å². The molecular weight excluding hydrogens is 316 g/mol. The van der Waals surface area contributed by atoms with E-state index in [4.69, 9.17) is 11.6 Å². The summed E-state index contributed by atoms with van der Waals surface area (Å²) in [4.78, 5) is 20.9. The van der Waals surface area contributed by atoms with Crippen LogP contribution >= 0.6 is 11.6 Å². The van der Waals surface area contributed by atoms with E-state index in [0.29, 0.717) is 24.5 Å². The van der Waals surface area contributed by atoms with E-state index >= 15 is 0 Å². The number of hydrogen-bond acceptors (Lipinski definition) is 5. The van der Waals surface area contributed by atoms with Gasteiger partial charge in [-0.15, -0.1) is 0 Å². The average molecular weight is 333 g/mol. The molecule has 1 amide bonds. The van der Waals surface area contributed by atoms with Crippen LogP contribution in [0.4, 0.5) is 11.6 Å². The van der Waals surface area contributed by atoms with Crippen molar-refractivity contribution in [2.24, 2.45) is 0 Å². The topological polar surface area (TPSA) is 77.2 Å². The summed E-state index contributed by atoms with van der Waals surface area (Å²) < 4.78 is 0. The predicted octanol–water partition coefficient (Wildman–Crippen LogP) is 1.14. The number of halogens is 1. The lowest BCUT2D eigenvalue weighted by atomic mass is 10.1. The van der Waals surface area contributed by atoms with Crippen LogP contribution in [0.25, 0.3) is 0 Å². The smallest absolute Gasteiger partial charge is 0.245 e. The summed E-state index contributed by atoms with van der Waals surface area (Å²) in [5.41, 5.74) is 2.11. The number of aromatic amines is 1. The zero-order valence-electron chi connectivity index (χ0n) is 12.5.